The Morgan fingerprint density at radius 3 is 2.82 bits per heavy atom. The van der Waals surface area contributed by atoms with Gasteiger partial charge >= 0.3 is 5.97 Å². The topological polar surface area (TPSA) is 56.8 Å². The van der Waals surface area contributed by atoms with Crippen molar-refractivity contribution >= 4 is 5.97 Å². The molecule has 0 aliphatic carbocycles. The highest BCUT2D eigenvalue weighted by Gasteiger charge is 2.19. The molecule has 0 bridgehead atoms. The van der Waals surface area contributed by atoms with Crippen molar-refractivity contribution in [1.29, 1.82) is 0 Å². The van der Waals surface area contributed by atoms with Crippen LogP contribution in [0.4, 0.5) is 0 Å². The summed E-state index contributed by atoms with van der Waals surface area (Å²) in [5.41, 5.74) is 0.405. The van der Waals surface area contributed by atoms with Gasteiger partial charge in [0.25, 0.3) is 0 Å². The van der Waals surface area contributed by atoms with Crippen molar-refractivity contribution < 1.29 is 19.0 Å². The average Bonchev–Trinajstić information content (AvgIpc) is 2.68. The van der Waals surface area contributed by atoms with Crippen molar-refractivity contribution in [3.8, 4) is 0 Å². The van der Waals surface area contributed by atoms with E-state index < -0.39 is 0 Å². The van der Waals surface area contributed by atoms with Gasteiger partial charge in [0.1, 0.15) is 12.8 Å². The van der Waals surface area contributed by atoms with Crippen LogP contribution in [-0.2, 0) is 19.0 Å². The van der Waals surface area contributed by atoms with Gasteiger partial charge in [0.2, 0.25) is 0 Å². The summed E-state index contributed by atoms with van der Waals surface area (Å²) in [4.78, 5) is 11.0. The molecule has 0 spiro atoms. The van der Waals surface area contributed by atoms with Crippen LogP contribution >= 0.6 is 0 Å². The van der Waals surface area contributed by atoms with E-state index in [9.17, 15) is 4.79 Å². The first-order valence-electron chi connectivity index (χ1n) is 5.89. The van der Waals surface area contributed by atoms with E-state index in [0.717, 1.165) is 13.0 Å². The van der Waals surface area contributed by atoms with Crippen LogP contribution in [0.1, 0.15) is 20.3 Å². The average molecular weight is 243 g/mol. The van der Waals surface area contributed by atoms with Crippen LogP contribution in [0.3, 0.4) is 0 Å². The number of hydrogen-bond donors (Lipinski definition) is 1. The SMILES string of the molecule is C=C(C)C(=O)OCCOCCC1NCC(C)O1. The Bertz CT molecular complexity index is 267. The third-order valence-corrected chi connectivity index (χ3v) is 2.36. The molecule has 1 heterocycles. The van der Waals surface area contributed by atoms with E-state index in [1.165, 1.54) is 0 Å². The summed E-state index contributed by atoms with van der Waals surface area (Å²) in [5.74, 6) is -0.372. The van der Waals surface area contributed by atoms with Gasteiger partial charge in [-0.3, -0.25) is 5.32 Å². The van der Waals surface area contributed by atoms with Gasteiger partial charge in [-0.25, -0.2) is 4.79 Å². The van der Waals surface area contributed by atoms with Gasteiger partial charge in [-0.2, -0.15) is 0 Å². The highest BCUT2D eigenvalue weighted by Crippen LogP contribution is 2.07. The number of ether oxygens (including phenoxy) is 3. The lowest BCUT2D eigenvalue weighted by atomic mass is 10.4. The molecule has 1 saturated heterocycles. The number of rotatable bonds is 7. The van der Waals surface area contributed by atoms with Crippen LogP contribution in [0.2, 0.25) is 0 Å². The molecule has 2 atom stereocenters. The quantitative estimate of drug-likeness (QED) is 0.408. The summed E-state index contributed by atoms with van der Waals surface area (Å²) < 4.78 is 15.8. The van der Waals surface area contributed by atoms with Gasteiger partial charge < -0.3 is 14.2 Å². The van der Waals surface area contributed by atoms with Crippen LogP contribution in [0, 0.1) is 0 Å². The zero-order chi connectivity index (χ0) is 12.7. The first-order valence-corrected chi connectivity index (χ1v) is 5.89. The van der Waals surface area contributed by atoms with E-state index in [0.29, 0.717) is 18.8 Å². The number of esters is 1. The van der Waals surface area contributed by atoms with Crippen LogP contribution < -0.4 is 5.32 Å². The Morgan fingerprint density at radius 1 is 1.47 bits per heavy atom. The molecule has 1 aliphatic rings. The van der Waals surface area contributed by atoms with Gasteiger partial charge in [0.05, 0.1) is 19.3 Å². The Kier molecular flexibility index (Phi) is 6.18. The number of nitrogens with one attached hydrogen (secondary N) is 1. The molecule has 1 aliphatic heterocycles. The third kappa shape index (κ3) is 5.81. The van der Waals surface area contributed by atoms with E-state index in [-0.39, 0.29) is 24.9 Å². The minimum absolute atomic E-state index is 0.0861. The van der Waals surface area contributed by atoms with Gasteiger partial charge in [0.15, 0.2) is 0 Å². The molecular formula is C12H21NO4. The molecule has 5 heteroatoms. The first-order chi connectivity index (χ1) is 8.09. The minimum atomic E-state index is -0.372. The molecule has 0 amide bonds. The lowest BCUT2D eigenvalue weighted by molar-refractivity contribution is -0.140. The summed E-state index contributed by atoms with van der Waals surface area (Å²) in [6.07, 6.45) is 1.16. The molecule has 0 saturated carbocycles. The monoisotopic (exact) mass is 243 g/mol. The maximum atomic E-state index is 11.0. The van der Waals surface area contributed by atoms with E-state index in [1.807, 2.05) is 6.92 Å². The lowest BCUT2D eigenvalue weighted by Gasteiger charge is -2.11. The van der Waals surface area contributed by atoms with Gasteiger partial charge in [-0.1, -0.05) is 6.58 Å². The maximum Gasteiger partial charge on any atom is 0.333 e. The number of carbonyl (C=O) groups excluding carboxylic acids is 1. The molecular weight excluding hydrogens is 222 g/mol. The van der Waals surface area contributed by atoms with Crippen molar-refractivity contribution in [3.63, 3.8) is 0 Å². The number of carbonyl (C=O) groups is 1. The predicted molar refractivity (Wildman–Crippen MR) is 63.5 cm³/mol. The van der Waals surface area contributed by atoms with Crippen LogP contribution in [-0.4, -0.2) is 44.7 Å². The van der Waals surface area contributed by atoms with E-state index in [4.69, 9.17) is 14.2 Å². The molecule has 98 valence electrons. The fourth-order valence-corrected chi connectivity index (χ4v) is 1.45. The Morgan fingerprint density at radius 2 is 2.24 bits per heavy atom. The molecule has 1 fully saturated rings. The third-order valence-electron chi connectivity index (χ3n) is 2.36. The molecule has 5 nitrogen and oxygen atoms in total. The van der Waals surface area contributed by atoms with E-state index in [2.05, 4.69) is 11.9 Å². The molecule has 0 aromatic heterocycles. The first kappa shape index (κ1) is 14.2. The van der Waals surface area contributed by atoms with Crippen molar-refractivity contribution in [3.05, 3.63) is 12.2 Å². The van der Waals surface area contributed by atoms with Crippen molar-refractivity contribution in [1.82, 2.24) is 5.32 Å². The summed E-state index contributed by atoms with van der Waals surface area (Å²) in [5, 5.41) is 3.23. The van der Waals surface area contributed by atoms with E-state index >= 15 is 0 Å². The molecule has 1 N–H and O–H groups in total. The highest BCUT2D eigenvalue weighted by atomic mass is 16.6. The summed E-state index contributed by atoms with van der Waals surface area (Å²) >= 11 is 0. The zero-order valence-corrected chi connectivity index (χ0v) is 10.5. The Labute approximate surface area is 102 Å². The van der Waals surface area contributed by atoms with Gasteiger partial charge in [-0.05, 0) is 13.8 Å². The summed E-state index contributed by atoms with van der Waals surface area (Å²) in [6.45, 7) is 9.29. The summed E-state index contributed by atoms with van der Waals surface area (Å²) in [7, 11) is 0. The maximum absolute atomic E-state index is 11.0. The second kappa shape index (κ2) is 7.42. The molecule has 0 radical (unpaired) electrons. The second-order valence-electron chi connectivity index (χ2n) is 4.16. The second-order valence-corrected chi connectivity index (χ2v) is 4.16. The van der Waals surface area contributed by atoms with Crippen LogP contribution in [0.15, 0.2) is 12.2 Å². The number of hydrogen-bond acceptors (Lipinski definition) is 5. The predicted octanol–water partition coefficient (Wildman–Crippen LogP) is 0.847. The molecule has 17 heavy (non-hydrogen) atoms. The Hall–Kier alpha value is -0.910. The van der Waals surface area contributed by atoms with Crippen LogP contribution in [0.25, 0.3) is 0 Å². The molecule has 0 aromatic carbocycles. The largest absolute Gasteiger partial charge is 0.460 e. The van der Waals surface area contributed by atoms with E-state index in [1.54, 1.807) is 6.92 Å². The standard InChI is InChI=1S/C12H21NO4/c1-9(2)12(14)16-7-6-15-5-4-11-13-8-10(3)17-11/h10-11,13H,1,4-8H2,2-3H3. The zero-order valence-electron chi connectivity index (χ0n) is 10.5. The van der Waals surface area contributed by atoms with Crippen molar-refractivity contribution in [2.75, 3.05) is 26.4 Å². The fourth-order valence-electron chi connectivity index (χ4n) is 1.45. The fraction of sp³-hybridized carbons (Fsp3) is 0.750. The molecule has 0 aromatic rings. The van der Waals surface area contributed by atoms with Crippen molar-refractivity contribution in [2.24, 2.45) is 0 Å². The van der Waals surface area contributed by atoms with Gasteiger partial charge in [0, 0.05) is 18.5 Å². The summed E-state index contributed by atoms with van der Waals surface area (Å²) in [6, 6.07) is 0. The van der Waals surface area contributed by atoms with Crippen LogP contribution in [0.5, 0.6) is 0 Å². The normalized spacial score (nSPS) is 23.6. The van der Waals surface area contributed by atoms with Crippen molar-refractivity contribution in [2.45, 2.75) is 32.6 Å². The Balaban J connectivity index is 1.91. The minimum Gasteiger partial charge on any atom is -0.460 e. The highest BCUT2D eigenvalue weighted by molar-refractivity contribution is 5.86. The smallest absolute Gasteiger partial charge is 0.333 e. The molecule has 1 rings (SSSR count). The molecule has 2 unspecified atom stereocenters. The van der Waals surface area contributed by atoms with Gasteiger partial charge in [-0.15, -0.1) is 0 Å². The lowest BCUT2D eigenvalue weighted by Crippen LogP contribution is -2.24.